The van der Waals surface area contributed by atoms with E-state index in [0.717, 1.165) is 36.1 Å². The van der Waals surface area contributed by atoms with Crippen LogP contribution in [0, 0.1) is 0 Å². The molecule has 1 N–H and O–H groups in total. The summed E-state index contributed by atoms with van der Waals surface area (Å²) in [7, 11) is 1.60. The minimum absolute atomic E-state index is 0.0595. The quantitative estimate of drug-likeness (QED) is 0.231. The summed E-state index contributed by atoms with van der Waals surface area (Å²) in [6, 6.07) is 12.1. The predicted octanol–water partition coefficient (Wildman–Crippen LogP) is 4.65. The van der Waals surface area contributed by atoms with E-state index in [1.165, 1.54) is 4.90 Å². The van der Waals surface area contributed by atoms with Crippen molar-refractivity contribution in [3.05, 3.63) is 64.7 Å². The molecule has 0 radical (unpaired) electrons. The lowest BCUT2D eigenvalue weighted by atomic mass is 9.94. The van der Waals surface area contributed by atoms with E-state index in [2.05, 4.69) is 6.92 Å². The molecule has 7 heteroatoms. The van der Waals surface area contributed by atoms with E-state index >= 15 is 0 Å². The SMILES string of the molecule is CCCCOc1cccc([C@@H]2C(=C(O)c3ccc4c(c3)C[C@@H](C)O4)C(=O)C(=O)N2CCCOC)c1. The molecule has 2 heterocycles. The first kappa shape index (κ1) is 24.8. The smallest absolute Gasteiger partial charge is 0.295 e. The molecule has 2 aliphatic rings. The normalized spacial score (nSPS) is 20.7. The monoisotopic (exact) mass is 479 g/mol. The number of hydrogen-bond acceptors (Lipinski definition) is 6. The molecule has 1 saturated heterocycles. The maximum Gasteiger partial charge on any atom is 0.295 e. The summed E-state index contributed by atoms with van der Waals surface area (Å²) in [5, 5.41) is 11.4. The molecule has 2 aliphatic heterocycles. The van der Waals surface area contributed by atoms with Crippen LogP contribution in [0.2, 0.25) is 0 Å². The molecular weight excluding hydrogens is 446 g/mol. The second-order valence-corrected chi connectivity index (χ2v) is 9.07. The van der Waals surface area contributed by atoms with Gasteiger partial charge >= 0.3 is 0 Å². The van der Waals surface area contributed by atoms with E-state index in [-0.39, 0.29) is 17.4 Å². The van der Waals surface area contributed by atoms with Crippen LogP contribution in [0.5, 0.6) is 11.5 Å². The Bertz CT molecular complexity index is 1120. The van der Waals surface area contributed by atoms with Crippen molar-refractivity contribution in [1.29, 1.82) is 0 Å². The number of carbonyl (C=O) groups excluding carboxylic acids is 2. The highest BCUT2D eigenvalue weighted by atomic mass is 16.5. The lowest BCUT2D eigenvalue weighted by molar-refractivity contribution is -0.140. The number of hydrogen-bond donors (Lipinski definition) is 1. The van der Waals surface area contributed by atoms with Gasteiger partial charge in [0, 0.05) is 32.2 Å². The van der Waals surface area contributed by atoms with Crippen molar-refractivity contribution >= 4 is 17.4 Å². The molecule has 0 aromatic heterocycles. The molecule has 0 saturated carbocycles. The van der Waals surface area contributed by atoms with Crippen molar-refractivity contribution in [2.24, 2.45) is 0 Å². The van der Waals surface area contributed by atoms with Crippen LogP contribution in [-0.4, -0.2) is 54.7 Å². The largest absolute Gasteiger partial charge is 0.507 e. The van der Waals surface area contributed by atoms with Gasteiger partial charge < -0.3 is 24.2 Å². The molecule has 35 heavy (non-hydrogen) atoms. The minimum atomic E-state index is -0.718. The van der Waals surface area contributed by atoms with Crippen molar-refractivity contribution in [3.63, 3.8) is 0 Å². The summed E-state index contributed by atoms with van der Waals surface area (Å²) in [6.45, 7) is 5.46. The lowest BCUT2D eigenvalue weighted by Gasteiger charge is -2.25. The molecule has 1 amide bonds. The van der Waals surface area contributed by atoms with Crippen LogP contribution in [0.15, 0.2) is 48.0 Å². The Morgan fingerprint density at radius 1 is 1.14 bits per heavy atom. The van der Waals surface area contributed by atoms with Crippen LogP contribution >= 0.6 is 0 Å². The van der Waals surface area contributed by atoms with Crippen molar-refractivity contribution in [2.75, 3.05) is 26.9 Å². The van der Waals surface area contributed by atoms with Crippen molar-refractivity contribution in [2.45, 2.75) is 51.7 Å². The van der Waals surface area contributed by atoms with Gasteiger partial charge in [-0.25, -0.2) is 0 Å². The van der Waals surface area contributed by atoms with Crippen LogP contribution in [0.3, 0.4) is 0 Å². The van der Waals surface area contributed by atoms with Crippen LogP contribution < -0.4 is 9.47 Å². The highest BCUT2D eigenvalue weighted by Crippen LogP contribution is 2.41. The number of methoxy groups -OCH3 is 1. The Morgan fingerprint density at radius 3 is 2.74 bits per heavy atom. The third-order valence-corrected chi connectivity index (χ3v) is 6.40. The zero-order chi connectivity index (χ0) is 24.9. The Morgan fingerprint density at radius 2 is 1.97 bits per heavy atom. The fraction of sp³-hybridized carbons (Fsp3) is 0.429. The molecular formula is C28H33NO6. The van der Waals surface area contributed by atoms with Gasteiger partial charge in [-0.2, -0.15) is 0 Å². The summed E-state index contributed by atoms with van der Waals surface area (Å²) < 4.78 is 16.8. The van der Waals surface area contributed by atoms with Crippen LogP contribution in [-0.2, 0) is 20.7 Å². The number of Topliss-reactive ketones (excluding diaryl/α,β-unsaturated/α-hetero) is 1. The first-order valence-electron chi connectivity index (χ1n) is 12.2. The number of ether oxygens (including phenoxy) is 3. The molecule has 2 aromatic carbocycles. The number of carbonyl (C=O) groups is 2. The van der Waals surface area contributed by atoms with E-state index in [1.807, 2.05) is 37.3 Å². The van der Waals surface area contributed by atoms with Gasteiger partial charge in [0.1, 0.15) is 23.4 Å². The zero-order valence-corrected chi connectivity index (χ0v) is 20.6. The highest BCUT2D eigenvalue weighted by Gasteiger charge is 2.46. The number of ketones is 1. The van der Waals surface area contributed by atoms with Crippen molar-refractivity contribution in [3.8, 4) is 11.5 Å². The van der Waals surface area contributed by atoms with Crippen LogP contribution in [0.4, 0.5) is 0 Å². The predicted molar refractivity (Wildman–Crippen MR) is 133 cm³/mol. The average molecular weight is 480 g/mol. The van der Waals surface area contributed by atoms with E-state index < -0.39 is 17.7 Å². The number of aliphatic hydroxyl groups is 1. The van der Waals surface area contributed by atoms with Crippen LogP contribution in [0.1, 0.15) is 55.8 Å². The molecule has 2 aromatic rings. The summed E-state index contributed by atoms with van der Waals surface area (Å²) >= 11 is 0. The van der Waals surface area contributed by atoms with Gasteiger partial charge in [-0.1, -0.05) is 25.5 Å². The molecule has 186 valence electrons. The molecule has 1 fully saturated rings. The fourth-order valence-electron chi connectivity index (χ4n) is 4.67. The van der Waals surface area contributed by atoms with Gasteiger partial charge in [0.2, 0.25) is 0 Å². The van der Waals surface area contributed by atoms with Crippen molar-refractivity contribution < 1.29 is 28.9 Å². The molecule has 0 bridgehead atoms. The second kappa shape index (κ2) is 11.0. The average Bonchev–Trinajstić information content (AvgIpc) is 3.35. The number of nitrogens with zero attached hydrogens (tertiary/aromatic N) is 1. The maximum atomic E-state index is 13.2. The third kappa shape index (κ3) is 5.20. The number of rotatable bonds is 10. The molecule has 0 unspecified atom stereocenters. The molecule has 0 spiro atoms. The maximum absolute atomic E-state index is 13.2. The first-order valence-corrected chi connectivity index (χ1v) is 12.2. The topological polar surface area (TPSA) is 85.3 Å². The summed E-state index contributed by atoms with van der Waals surface area (Å²) in [5.41, 5.74) is 2.27. The standard InChI is InChI=1S/C28H33NO6/c1-4-5-14-34-22-9-6-8-19(17-22)25-24(27(31)28(32)29(25)12-7-13-33-3)26(30)20-10-11-23-21(16-20)15-18(2)35-23/h6,8-11,16-18,25,30H,4-5,7,12-15H2,1-3H3/t18-,25-/m1/s1. The number of amides is 1. The molecule has 0 aliphatic carbocycles. The number of aliphatic hydroxyl groups excluding tert-OH is 1. The highest BCUT2D eigenvalue weighted by molar-refractivity contribution is 6.46. The van der Waals surface area contributed by atoms with E-state index in [4.69, 9.17) is 14.2 Å². The summed E-state index contributed by atoms with van der Waals surface area (Å²) in [5.74, 6) is -0.0395. The fourth-order valence-corrected chi connectivity index (χ4v) is 4.67. The Labute approximate surface area is 206 Å². The van der Waals surface area contributed by atoms with E-state index in [1.54, 1.807) is 19.2 Å². The van der Waals surface area contributed by atoms with Gasteiger partial charge in [-0.3, -0.25) is 9.59 Å². The first-order chi connectivity index (χ1) is 16.9. The minimum Gasteiger partial charge on any atom is -0.507 e. The molecule has 4 rings (SSSR count). The third-order valence-electron chi connectivity index (χ3n) is 6.40. The van der Waals surface area contributed by atoms with Gasteiger partial charge in [-0.05, 0) is 61.2 Å². The molecule has 7 nitrogen and oxygen atoms in total. The van der Waals surface area contributed by atoms with E-state index in [0.29, 0.717) is 37.5 Å². The molecule has 2 atom stereocenters. The Kier molecular flexibility index (Phi) is 7.76. The Hall–Kier alpha value is -3.32. The van der Waals surface area contributed by atoms with Gasteiger partial charge in [0.25, 0.3) is 11.7 Å². The Balaban J connectivity index is 1.76. The van der Waals surface area contributed by atoms with Gasteiger partial charge in [-0.15, -0.1) is 0 Å². The zero-order valence-electron chi connectivity index (χ0n) is 20.6. The van der Waals surface area contributed by atoms with Crippen LogP contribution in [0.25, 0.3) is 5.76 Å². The lowest BCUT2D eigenvalue weighted by Crippen LogP contribution is -2.31. The van der Waals surface area contributed by atoms with Gasteiger partial charge in [0.15, 0.2) is 0 Å². The number of likely N-dealkylation sites (tertiary alicyclic amines) is 1. The number of benzene rings is 2. The number of fused-ring (bicyclic) bond motifs is 1. The summed E-state index contributed by atoms with van der Waals surface area (Å²) in [6.07, 6.45) is 3.30. The number of unbranched alkanes of at least 4 members (excludes halogenated alkanes) is 1. The van der Waals surface area contributed by atoms with Gasteiger partial charge in [0.05, 0.1) is 18.2 Å². The van der Waals surface area contributed by atoms with Crippen molar-refractivity contribution in [1.82, 2.24) is 4.90 Å². The van der Waals surface area contributed by atoms with E-state index in [9.17, 15) is 14.7 Å². The summed E-state index contributed by atoms with van der Waals surface area (Å²) in [4.78, 5) is 27.9. The second-order valence-electron chi connectivity index (χ2n) is 9.07.